The molecule has 0 aromatic heterocycles. The molecular formula is C10H12N2. The minimum absolute atomic E-state index is 0.101. The van der Waals surface area contributed by atoms with E-state index in [2.05, 4.69) is 17.9 Å². The Morgan fingerprint density at radius 2 is 2.08 bits per heavy atom. The van der Waals surface area contributed by atoms with Gasteiger partial charge < -0.3 is 0 Å². The summed E-state index contributed by atoms with van der Waals surface area (Å²) in [4.78, 5) is 3.93. The Hall–Kier alpha value is -1.40. The summed E-state index contributed by atoms with van der Waals surface area (Å²) >= 11 is 0. The van der Waals surface area contributed by atoms with Crippen molar-refractivity contribution in [1.82, 2.24) is 0 Å². The van der Waals surface area contributed by atoms with Crippen LogP contribution < -0.4 is 0 Å². The molecule has 1 N–H and O–H groups in total. The van der Waals surface area contributed by atoms with Crippen molar-refractivity contribution in [2.45, 2.75) is 19.4 Å². The molecule has 1 aromatic rings. The standard InChI is InChI=1S/C10H12N2/c1-2-10(12-8-11)9-6-4-3-5-7-9/h3-7,10-11H,2H2,1H3. The lowest BCUT2D eigenvalue weighted by Crippen LogP contribution is -1.91. The first-order chi connectivity index (χ1) is 5.88. The van der Waals surface area contributed by atoms with E-state index in [0.717, 1.165) is 12.0 Å². The maximum Gasteiger partial charge on any atom is 0.0868 e. The van der Waals surface area contributed by atoms with Crippen LogP contribution in [0.1, 0.15) is 24.9 Å². The Balaban J connectivity index is 2.87. The second-order valence-electron chi connectivity index (χ2n) is 2.58. The lowest BCUT2D eigenvalue weighted by molar-refractivity contribution is 0.704. The van der Waals surface area contributed by atoms with Crippen LogP contribution in [0.4, 0.5) is 0 Å². The highest BCUT2D eigenvalue weighted by molar-refractivity contribution is 5.37. The molecule has 2 nitrogen and oxygen atoms in total. The van der Waals surface area contributed by atoms with E-state index in [0.29, 0.717) is 0 Å². The quantitative estimate of drug-likeness (QED) is 0.660. The molecule has 1 aromatic carbocycles. The highest BCUT2D eigenvalue weighted by Gasteiger charge is 2.04. The topological polar surface area (TPSA) is 36.2 Å². The fourth-order valence-corrected chi connectivity index (χ4v) is 1.15. The van der Waals surface area contributed by atoms with E-state index < -0.39 is 0 Å². The van der Waals surface area contributed by atoms with Crippen molar-refractivity contribution in [3.63, 3.8) is 0 Å². The van der Waals surface area contributed by atoms with Gasteiger partial charge in [0.2, 0.25) is 0 Å². The maximum absolute atomic E-state index is 6.77. The van der Waals surface area contributed by atoms with E-state index in [4.69, 9.17) is 5.41 Å². The number of nitrogens with one attached hydrogen (secondary N) is 1. The van der Waals surface area contributed by atoms with Crippen molar-refractivity contribution in [1.29, 1.82) is 5.41 Å². The third kappa shape index (κ3) is 2.04. The molecule has 1 rings (SSSR count). The van der Waals surface area contributed by atoms with E-state index in [1.807, 2.05) is 30.3 Å². The minimum Gasteiger partial charge on any atom is -0.242 e. The number of aliphatic imine (C=N–C) groups is 1. The highest BCUT2D eigenvalue weighted by Crippen LogP contribution is 2.19. The third-order valence-electron chi connectivity index (χ3n) is 1.79. The van der Waals surface area contributed by atoms with E-state index in [-0.39, 0.29) is 6.04 Å². The van der Waals surface area contributed by atoms with Gasteiger partial charge in [-0.15, -0.1) is 0 Å². The van der Waals surface area contributed by atoms with Crippen molar-refractivity contribution in [2.24, 2.45) is 4.99 Å². The zero-order valence-electron chi connectivity index (χ0n) is 7.12. The Morgan fingerprint density at radius 3 is 2.58 bits per heavy atom. The van der Waals surface area contributed by atoms with Gasteiger partial charge in [0.25, 0.3) is 0 Å². The van der Waals surface area contributed by atoms with E-state index in [1.165, 1.54) is 0 Å². The first-order valence-corrected chi connectivity index (χ1v) is 4.05. The molecule has 0 saturated carbocycles. The lowest BCUT2D eigenvalue weighted by atomic mass is 10.1. The zero-order chi connectivity index (χ0) is 8.81. The molecule has 1 atom stereocenters. The normalized spacial score (nSPS) is 11.8. The third-order valence-corrected chi connectivity index (χ3v) is 1.79. The summed E-state index contributed by atoms with van der Waals surface area (Å²) in [5.74, 6) is 0. The van der Waals surface area contributed by atoms with Crippen molar-refractivity contribution in [2.75, 3.05) is 0 Å². The Bertz CT molecular complexity index is 273. The number of benzene rings is 1. The molecule has 0 spiro atoms. The summed E-state index contributed by atoms with van der Waals surface area (Å²) in [7, 11) is 0. The van der Waals surface area contributed by atoms with Crippen LogP contribution in [-0.4, -0.2) is 6.01 Å². The average molecular weight is 160 g/mol. The summed E-state index contributed by atoms with van der Waals surface area (Å²) in [6.45, 7) is 2.05. The Morgan fingerprint density at radius 1 is 1.42 bits per heavy atom. The summed E-state index contributed by atoms with van der Waals surface area (Å²) in [5.41, 5.74) is 1.15. The second-order valence-corrected chi connectivity index (χ2v) is 2.58. The van der Waals surface area contributed by atoms with Gasteiger partial charge >= 0.3 is 0 Å². The molecule has 0 aliphatic rings. The molecule has 2 heteroatoms. The van der Waals surface area contributed by atoms with Crippen molar-refractivity contribution in [3.05, 3.63) is 35.9 Å². The number of hydrogen-bond acceptors (Lipinski definition) is 2. The summed E-state index contributed by atoms with van der Waals surface area (Å²) < 4.78 is 0. The fourth-order valence-electron chi connectivity index (χ4n) is 1.15. The van der Waals surface area contributed by atoms with Crippen LogP contribution in [0, 0.1) is 5.41 Å². The van der Waals surface area contributed by atoms with Crippen LogP contribution in [-0.2, 0) is 0 Å². The highest BCUT2D eigenvalue weighted by atomic mass is 14.8. The molecule has 0 aliphatic heterocycles. The van der Waals surface area contributed by atoms with Crippen LogP contribution in [0.3, 0.4) is 0 Å². The fraction of sp³-hybridized carbons (Fsp3) is 0.300. The molecule has 0 heterocycles. The van der Waals surface area contributed by atoms with Crippen molar-refractivity contribution >= 4 is 6.01 Å². The summed E-state index contributed by atoms with van der Waals surface area (Å²) in [6.07, 6.45) is 0.913. The Labute approximate surface area is 72.5 Å². The van der Waals surface area contributed by atoms with Gasteiger partial charge in [0.05, 0.1) is 12.1 Å². The largest absolute Gasteiger partial charge is 0.242 e. The SMILES string of the molecule is CCC(N=C=N)c1ccccc1. The smallest absolute Gasteiger partial charge is 0.0868 e. The lowest BCUT2D eigenvalue weighted by Gasteiger charge is -2.06. The first kappa shape index (κ1) is 8.69. The van der Waals surface area contributed by atoms with Gasteiger partial charge in [0.15, 0.2) is 0 Å². The molecule has 1 unspecified atom stereocenters. The van der Waals surface area contributed by atoms with Crippen LogP contribution in [0.25, 0.3) is 0 Å². The monoisotopic (exact) mass is 160 g/mol. The predicted molar refractivity (Wildman–Crippen MR) is 49.6 cm³/mol. The zero-order valence-corrected chi connectivity index (χ0v) is 7.12. The van der Waals surface area contributed by atoms with E-state index >= 15 is 0 Å². The van der Waals surface area contributed by atoms with Gasteiger partial charge in [-0.25, -0.2) is 10.4 Å². The van der Waals surface area contributed by atoms with Gasteiger partial charge in [-0.05, 0) is 12.0 Å². The molecule has 0 amide bonds. The van der Waals surface area contributed by atoms with Gasteiger partial charge in [0.1, 0.15) is 0 Å². The van der Waals surface area contributed by atoms with E-state index in [1.54, 1.807) is 0 Å². The van der Waals surface area contributed by atoms with Crippen LogP contribution in [0.15, 0.2) is 35.3 Å². The van der Waals surface area contributed by atoms with E-state index in [9.17, 15) is 0 Å². The molecule has 0 saturated heterocycles. The molecule has 0 aliphatic carbocycles. The average Bonchev–Trinajstić information content (AvgIpc) is 2.15. The van der Waals surface area contributed by atoms with Crippen molar-refractivity contribution < 1.29 is 0 Å². The second kappa shape index (κ2) is 4.47. The Kier molecular flexibility index (Phi) is 3.24. The minimum atomic E-state index is 0.101. The molecule has 0 bridgehead atoms. The van der Waals surface area contributed by atoms with Crippen LogP contribution >= 0.6 is 0 Å². The van der Waals surface area contributed by atoms with Gasteiger partial charge in [0, 0.05) is 0 Å². The molecular weight excluding hydrogens is 148 g/mol. The molecule has 62 valence electrons. The summed E-state index contributed by atoms with van der Waals surface area (Å²) in [5, 5.41) is 6.77. The van der Waals surface area contributed by atoms with Crippen LogP contribution in [0.2, 0.25) is 0 Å². The van der Waals surface area contributed by atoms with Gasteiger partial charge in [-0.2, -0.15) is 0 Å². The first-order valence-electron chi connectivity index (χ1n) is 4.05. The molecule has 0 fully saturated rings. The molecule has 12 heavy (non-hydrogen) atoms. The number of nitrogens with zero attached hydrogens (tertiary/aromatic N) is 1. The van der Waals surface area contributed by atoms with Gasteiger partial charge in [-0.3, -0.25) is 0 Å². The number of rotatable bonds is 3. The predicted octanol–water partition coefficient (Wildman–Crippen LogP) is 2.89. The van der Waals surface area contributed by atoms with Crippen LogP contribution in [0.5, 0.6) is 0 Å². The van der Waals surface area contributed by atoms with Gasteiger partial charge in [-0.1, -0.05) is 37.3 Å². The molecule has 0 radical (unpaired) electrons. The summed E-state index contributed by atoms with van der Waals surface area (Å²) in [6, 6.07) is 12.2. The number of hydrogen-bond donors (Lipinski definition) is 1. The maximum atomic E-state index is 6.77. The van der Waals surface area contributed by atoms with Crippen molar-refractivity contribution in [3.8, 4) is 0 Å².